The Labute approximate surface area is 335 Å². The second-order valence-electron chi connectivity index (χ2n) is 13.9. The van der Waals surface area contributed by atoms with Crippen LogP contribution in [-0.4, -0.2) is 108 Å². The number of ether oxygens (including phenoxy) is 1. The predicted molar refractivity (Wildman–Crippen MR) is 201 cm³/mol. The van der Waals surface area contributed by atoms with Crippen molar-refractivity contribution < 1.29 is 66.1 Å². The third-order valence-corrected chi connectivity index (χ3v) is 9.79. The van der Waals surface area contributed by atoms with Gasteiger partial charge in [-0.3, -0.25) is 28.5 Å². The van der Waals surface area contributed by atoms with Gasteiger partial charge in [0.2, 0.25) is 29.5 Å². The van der Waals surface area contributed by atoms with Crippen LogP contribution in [0.5, 0.6) is 5.75 Å². The first-order valence-corrected chi connectivity index (χ1v) is 20.2. The molecule has 1 aromatic heterocycles. The van der Waals surface area contributed by atoms with Gasteiger partial charge in [-0.05, 0) is 55.4 Å². The first-order valence-electron chi connectivity index (χ1n) is 18.4. The summed E-state index contributed by atoms with van der Waals surface area (Å²) in [6, 6.07) is 11.6. The number of rotatable bonds is 15. The summed E-state index contributed by atoms with van der Waals surface area (Å²) in [6.45, 7) is 1.54. The van der Waals surface area contributed by atoms with Crippen LogP contribution in [0.4, 0.5) is 13.2 Å². The molecule has 18 nitrogen and oxygen atoms in total. The molecular formula is C37H45F3N7O11P. The average Bonchev–Trinajstić information content (AvgIpc) is 3.82. The molecule has 2 aromatic carbocycles. The fraction of sp³-hybridized carbons (Fsp3) is 0.432. The van der Waals surface area contributed by atoms with Gasteiger partial charge in [-0.15, -0.1) is 0 Å². The van der Waals surface area contributed by atoms with Crippen LogP contribution < -0.4 is 26.0 Å². The highest BCUT2D eigenvalue weighted by atomic mass is 31.2. The van der Waals surface area contributed by atoms with Crippen molar-refractivity contribution in [1.82, 2.24) is 36.1 Å². The zero-order chi connectivity index (χ0) is 43.3. The predicted octanol–water partition coefficient (Wildman–Crippen LogP) is 1.68. The largest absolute Gasteiger partial charge is 0.490 e. The van der Waals surface area contributed by atoms with E-state index in [4.69, 9.17) is 24.4 Å². The van der Waals surface area contributed by atoms with E-state index in [9.17, 15) is 41.7 Å². The number of aromatic nitrogens is 2. The van der Waals surface area contributed by atoms with Crippen molar-refractivity contribution in [2.45, 2.75) is 94.8 Å². The molecular weight excluding hydrogens is 806 g/mol. The van der Waals surface area contributed by atoms with E-state index in [-0.39, 0.29) is 37.1 Å². The number of nitrogens with zero attached hydrogens (tertiary/aromatic N) is 2. The highest BCUT2D eigenvalue weighted by molar-refractivity contribution is 7.51. The van der Waals surface area contributed by atoms with Crippen LogP contribution >= 0.6 is 7.60 Å². The number of benzene rings is 2. The topological polar surface area (TPSA) is 269 Å². The molecule has 2 aliphatic rings. The van der Waals surface area contributed by atoms with Gasteiger partial charge in [0, 0.05) is 44.2 Å². The number of amides is 5. The maximum absolute atomic E-state index is 14.1. The molecule has 3 aromatic rings. The van der Waals surface area contributed by atoms with E-state index in [1.54, 1.807) is 23.2 Å². The molecule has 5 rings (SSSR count). The normalized spacial score (nSPS) is 18.8. The third-order valence-electron chi connectivity index (χ3n) is 9.32. The Balaban J connectivity index is 0.00000101. The van der Waals surface area contributed by atoms with E-state index >= 15 is 0 Å². The molecule has 22 heteroatoms. The summed E-state index contributed by atoms with van der Waals surface area (Å²) in [4.78, 5) is 102. The zero-order valence-electron chi connectivity index (χ0n) is 31.7. The molecule has 1 unspecified atom stereocenters. The Kier molecular flexibility index (Phi) is 16.2. The summed E-state index contributed by atoms with van der Waals surface area (Å²) in [5.74, 6) is -4.83. The fourth-order valence-corrected chi connectivity index (χ4v) is 6.91. The van der Waals surface area contributed by atoms with E-state index in [2.05, 4.69) is 31.2 Å². The minimum Gasteiger partial charge on any atom is -0.481 e. The number of halogens is 3. The van der Waals surface area contributed by atoms with Crippen LogP contribution in [0.3, 0.4) is 0 Å². The molecule has 320 valence electrons. The number of carbonyl (C=O) groups is 6. The summed E-state index contributed by atoms with van der Waals surface area (Å²) < 4.78 is 48.0. The molecule has 0 aliphatic carbocycles. The van der Waals surface area contributed by atoms with Gasteiger partial charge in [-0.1, -0.05) is 42.5 Å². The van der Waals surface area contributed by atoms with Gasteiger partial charge >= 0.3 is 19.7 Å². The van der Waals surface area contributed by atoms with Crippen LogP contribution in [0.15, 0.2) is 67.1 Å². The lowest BCUT2D eigenvalue weighted by Gasteiger charge is -2.32. The van der Waals surface area contributed by atoms with Crippen molar-refractivity contribution >= 4 is 43.1 Å². The van der Waals surface area contributed by atoms with E-state index in [0.29, 0.717) is 43.4 Å². The Bertz CT molecular complexity index is 1970. The molecule has 5 amide bonds. The number of nitrogens with one attached hydrogen (secondary N) is 5. The van der Waals surface area contributed by atoms with Crippen LogP contribution in [0.1, 0.15) is 55.8 Å². The number of hydrogen-bond donors (Lipinski definition) is 8. The highest BCUT2D eigenvalue weighted by Crippen LogP contribution is 2.35. The van der Waals surface area contributed by atoms with E-state index in [1.807, 2.05) is 30.3 Å². The van der Waals surface area contributed by atoms with E-state index in [1.165, 1.54) is 25.4 Å². The van der Waals surface area contributed by atoms with Crippen molar-refractivity contribution in [3.63, 3.8) is 0 Å². The first-order chi connectivity index (χ1) is 27.8. The maximum Gasteiger partial charge on any atom is 0.490 e. The maximum atomic E-state index is 14.1. The van der Waals surface area contributed by atoms with E-state index in [0.717, 1.165) is 5.56 Å². The van der Waals surface area contributed by atoms with Crippen LogP contribution in [0.25, 0.3) is 0 Å². The van der Waals surface area contributed by atoms with Crippen LogP contribution in [0.2, 0.25) is 0 Å². The number of H-pyrrole nitrogens is 1. The highest BCUT2D eigenvalue weighted by Gasteiger charge is 2.45. The summed E-state index contributed by atoms with van der Waals surface area (Å²) in [7, 11) is -4.37. The van der Waals surface area contributed by atoms with E-state index < -0.39 is 73.9 Å². The monoisotopic (exact) mass is 851 g/mol. The minimum absolute atomic E-state index is 0.0620. The minimum atomic E-state index is -5.08. The Morgan fingerprint density at radius 2 is 1.59 bits per heavy atom. The molecule has 2 saturated heterocycles. The Morgan fingerprint density at radius 1 is 0.932 bits per heavy atom. The molecule has 59 heavy (non-hydrogen) atoms. The molecule has 2 fully saturated rings. The average molecular weight is 852 g/mol. The van der Waals surface area contributed by atoms with Crippen molar-refractivity contribution in [3.05, 3.63) is 83.9 Å². The summed E-state index contributed by atoms with van der Waals surface area (Å²) in [5, 5.41) is 18.3. The fourth-order valence-electron chi connectivity index (χ4n) is 6.60. The number of aliphatic carboxylic acids is 1. The molecule has 8 N–H and O–H groups in total. The Morgan fingerprint density at radius 3 is 2.19 bits per heavy atom. The number of fused-ring (bicyclic) bond motifs is 1. The lowest BCUT2D eigenvalue weighted by molar-refractivity contribution is -0.192. The smallest absolute Gasteiger partial charge is 0.481 e. The molecule has 0 saturated carbocycles. The number of carboxylic acids is 1. The molecule has 5 atom stereocenters. The molecule has 3 heterocycles. The lowest BCUT2D eigenvalue weighted by Crippen LogP contribution is -2.58. The Hall–Kier alpha value is -5.79. The number of carbonyl (C=O) groups excluding carboxylic acids is 5. The first kappa shape index (κ1) is 45.9. The molecule has 2 aliphatic heterocycles. The molecule has 0 bridgehead atoms. The van der Waals surface area contributed by atoms with Crippen LogP contribution in [-0.2, 0) is 52.7 Å². The second-order valence-corrected chi connectivity index (χ2v) is 15.5. The van der Waals surface area contributed by atoms with Gasteiger partial charge < -0.3 is 50.8 Å². The molecule has 0 spiro atoms. The van der Waals surface area contributed by atoms with Gasteiger partial charge in [-0.2, -0.15) is 13.2 Å². The summed E-state index contributed by atoms with van der Waals surface area (Å²) >= 11 is 0. The third kappa shape index (κ3) is 14.5. The van der Waals surface area contributed by atoms with Gasteiger partial charge in [0.05, 0.1) is 6.33 Å². The second kappa shape index (κ2) is 20.8. The van der Waals surface area contributed by atoms with Gasteiger partial charge in [-0.25, -0.2) is 9.78 Å². The van der Waals surface area contributed by atoms with Crippen molar-refractivity contribution in [1.29, 1.82) is 0 Å². The van der Waals surface area contributed by atoms with Crippen molar-refractivity contribution in [2.75, 3.05) is 6.35 Å². The zero-order valence-corrected chi connectivity index (χ0v) is 32.6. The number of aromatic amines is 1. The number of hydrogen-bond acceptors (Lipinski definition) is 9. The number of alkyl halides is 3. The standard InChI is InChI=1S/C35H44N7O9P.C2HF3O2/c1-22(43)39-29(16-23-10-13-27(14-11-23)51-21-52(48,49)50)33(45)40-28-9-5-8-26-12-15-31(42(26)35(28)47)34(46)41-30(17-25-19-36-20-38-25)32(44)37-18-24-6-3-2-4-7-24;3-2(4,5)1(6)7/h2-4,6-7,10-11,13-14,19-20,26,28-31H,5,8-9,12,15-18,21H2,1H3,(H,36,38)(H,37,44)(H,39,43)(H,40,45)(H,41,46)(H2,48,49,50);(H,6,7)/t26?,28-,29-,30-,31-;/m0./s1. The number of carboxylic acid groups (broad SMARTS) is 1. The molecule has 0 radical (unpaired) electrons. The van der Waals surface area contributed by atoms with Crippen LogP contribution in [0, 0.1) is 0 Å². The SMILES string of the molecule is CC(=O)N[C@@H](Cc1ccc(OCP(=O)(O)O)cc1)C(=O)N[C@H]1CCCC2CC[C@@H](C(=O)N[C@@H](Cc3cnc[nH]3)C(=O)NCc3ccccc3)N2C1=O.O=C(O)C(F)(F)F. The quantitative estimate of drug-likeness (QED) is 0.102. The van der Waals surface area contributed by atoms with Gasteiger partial charge in [0.1, 0.15) is 29.9 Å². The number of imidazole rings is 1. The summed E-state index contributed by atoms with van der Waals surface area (Å²) in [6.07, 6.45) is 0.0158. The van der Waals surface area contributed by atoms with Gasteiger partial charge in [0.15, 0.2) is 6.35 Å². The lowest BCUT2D eigenvalue weighted by atomic mass is 10.0. The van der Waals surface area contributed by atoms with Crippen molar-refractivity contribution in [3.8, 4) is 5.75 Å². The van der Waals surface area contributed by atoms with Crippen molar-refractivity contribution in [2.24, 2.45) is 0 Å². The van der Waals surface area contributed by atoms with Gasteiger partial charge in [0.25, 0.3) is 0 Å². The summed E-state index contributed by atoms with van der Waals surface area (Å²) in [5.41, 5.74) is 2.17.